The lowest BCUT2D eigenvalue weighted by Gasteiger charge is -2.34. The van der Waals surface area contributed by atoms with Crippen LogP contribution in [0.15, 0.2) is 34.7 Å². The Hall–Kier alpha value is -1.76. The van der Waals surface area contributed by atoms with Crippen LogP contribution in [0.3, 0.4) is 0 Å². The number of ether oxygens (including phenoxy) is 1. The lowest BCUT2D eigenvalue weighted by Crippen LogP contribution is -2.48. The minimum atomic E-state index is 0.445. The van der Waals surface area contributed by atoms with E-state index in [1.54, 1.807) is 0 Å². The van der Waals surface area contributed by atoms with Crippen LogP contribution in [0.4, 0.5) is 0 Å². The van der Waals surface area contributed by atoms with Gasteiger partial charge in [-0.3, -0.25) is 9.80 Å². The number of nitrogens with zero attached hydrogens (tertiary/aromatic N) is 4. The summed E-state index contributed by atoms with van der Waals surface area (Å²) in [6.45, 7) is 6.98. The van der Waals surface area contributed by atoms with Gasteiger partial charge in [0, 0.05) is 44.9 Å². The fourth-order valence-corrected chi connectivity index (χ4v) is 3.41. The van der Waals surface area contributed by atoms with E-state index in [1.165, 1.54) is 12.8 Å². The van der Waals surface area contributed by atoms with Crippen LogP contribution < -0.4 is 0 Å². The van der Waals surface area contributed by atoms with Crippen molar-refractivity contribution in [2.75, 3.05) is 39.3 Å². The van der Waals surface area contributed by atoms with Crippen molar-refractivity contribution < 1.29 is 9.15 Å². The van der Waals surface area contributed by atoms with E-state index < -0.39 is 0 Å². The van der Waals surface area contributed by atoms with E-state index in [2.05, 4.69) is 20.0 Å². The molecule has 0 amide bonds. The predicted molar refractivity (Wildman–Crippen MR) is 90.4 cm³/mol. The van der Waals surface area contributed by atoms with Gasteiger partial charge in [-0.15, -0.1) is 10.2 Å². The second-order valence-corrected chi connectivity index (χ2v) is 6.58. The average molecular weight is 328 g/mol. The molecule has 0 bridgehead atoms. The Kier molecular flexibility index (Phi) is 4.87. The van der Waals surface area contributed by atoms with Gasteiger partial charge in [-0.25, -0.2) is 0 Å². The van der Waals surface area contributed by atoms with E-state index in [1.807, 2.05) is 30.3 Å². The molecular formula is C18H24N4O2. The minimum Gasteiger partial charge on any atom is -0.419 e. The highest BCUT2D eigenvalue weighted by molar-refractivity contribution is 5.51. The van der Waals surface area contributed by atoms with Crippen molar-refractivity contribution in [1.29, 1.82) is 0 Å². The fourth-order valence-electron chi connectivity index (χ4n) is 3.41. The average Bonchev–Trinajstić information content (AvgIpc) is 3.29. The Morgan fingerprint density at radius 3 is 2.54 bits per heavy atom. The van der Waals surface area contributed by atoms with Gasteiger partial charge in [-0.1, -0.05) is 18.2 Å². The molecule has 2 aromatic rings. The molecule has 3 heterocycles. The second kappa shape index (κ2) is 7.42. The molecule has 0 saturated carbocycles. The normalized spacial score (nSPS) is 22.9. The van der Waals surface area contributed by atoms with Gasteiger partial charge in [0.2, 0.25) is 11.8 Å². The molecule has 0 aliphatic carbocycles. The molecule has 2 aliphatic heterocycles. The van der Waals surface area contributed by atoms with E-state index in [0.717, 1.165) is 51.4 Å². The quantitative estimate of drug-likeness (QED) is 0.837. The summed E-state index contributed by atoms with van der Waals surface area (Å²) in [4.78, 5) is 4.89. The van der Waals surface area contributed by atoms with Crippen LogP contribution in [0.5, 0.6) is 0 Å². The van der Waals surface area contributed by atoms with Gasteiger partial charge in [0.05, 0.1) is 12.6 Å². The maximum atomic E-state index is 5.81. The standard InChI is InChI=1S/C18H24N4O2/c1-2-5-15(6-3-1)18-20-19-17(24-18)14-22-10-8-21(9-11-22)13-16-7-4-12-23-16/h1-3,5-6,16H,4,7-14H2. The molecule has 0 spiro atoms. The highest BCUT2D eigenvalue weighted by Crippen LogP contribution is 2.18. The van der Waals surface area contributed by atoms with Crippen molar-refractivity contribution in [3.8, 4) is 11.5 Å². The zero-order chi connectivity index (χ0) is 16.2. The van der Waals surface area contributed by atoms with Crippen LogP contribution in [0, 0.1) is 0 Å². The first-order valence-electron chi connectivity index (χ1n) is 8.81. The number of hydrogen-bond acceptors (Lipinski definition) is 6. The Balaban J connectivity index is 1.27. The van der Waals surface area contributed by atoms with Gasteiger partial charge in [-0.05, 0) is 25.0 Å². The fraction of sp³-hybridized carbons (Fsp3) is 0.556. The predicted octanol–water partition coefficient (Wildman–Crippen LogP) is 2.03. The second-order valence-electron chi connectivity index (χ2n) is 6.58. The summed E-state index contributed by atoms with van der Waals surface area (Å²) in [6, 6.07) is 9.91. The maximum absolute atomic E-state index is 5.81. The third kappa shape index (κ3) is 3.83. The van der Waals surface area contributed by atoms with Crippen molar-refractivity contribution in [2.45, 2.75) is 25.5 Å². The zero-order valence-electron chi connectivity index (χ0n) is 13.9. The first-order chi connectivity index (χ1) is 11.9. The third-order valence-corrected chi connectivity index (χ3v) is 4.80. The molecule has 1 unspecified atom stereocenters. The van der Waals surface area contributed by atoms with Crippen LogP contribution >= 0.6 is 0 Å². The topological polar surface area (TPSA) is 54.6 Å². The highest BCUT2D eigenvalue weighted by Gasteiger charge is 2.23. The first-order valence-corrected chi connectivity index (χ1v) is 8.81. The number of benzene rings is 1. The van der Waals surface area contributed by atoms with E-state index in [0.29, 0.717) is 17.9 Å². The zero-order valence-corrected chi connectivity index (χ0v) is 13.9. The van der Waals surface area contributed by atoms with E-state index >= 15 is 0 Å². The van der Waals surface area contributed by atoms with Gasteiger partial charge >= 0.3 is 0 Å². The van der Waals surface area contributed by atoms with Gasteiger partial charge in [-0.2, -0.15) is 0 Å². The molecule has 1 aromatic heterocycles. The molecule has 2 saturated heterocycles. The lowest BCUT2D eigenvalue weighted by molar-refractivity contribution is 0.0472. The van der Waals surface area contributed by atoms with Crippen molar-refractivity contribution >= 4 is 0 Å². The SMILES string of the molecule is c1ccc(-c2nnc(CN3CCN(CC4CCCO4)CC3)o2)cc1. The molecule has 1 atom stereocenters. The molecule has 2 aliphatic rings. The first kappa shape index (κ1) is 15.7. The smallest absolute Gasteiger partial charge is 0.247 e. The molecule has 6 nitrogen and oxygen atoms in total. The Morgan fingerprint density at radius 2 is 1.79 bits per heavy atom. The Bertz CT molecular complexity index is 631. The third-order valence-electron chi connectivity index (χ3n) is 4.80. The van der Waals surface area contributed by atoms with Crippen molar-refractivity contribution in [3.63, 3.8) is 0 Å². The van der Waals surface area contributed by atoms with E-state index in [-0.39, 0.29) is 0 Å². The largest absolute Gasteiger partial charge is 0.419 e. The number of hydrogen-bond donors (Lipinski definition) is 0. The Morgan fingerprint density at radius 1 is 1.00 bits per heavy atom. The van der Waals surface area contributed by atoms with E-state index in [4.69, 9.17) is 9.15 Å². The molecule has 6 heteroatoms. The molecule has 128 valence electrons. The van der Waals surface area contributed by atoms with Crippen LogP contribution in [-0.2, 0) is 11.3 Å². The number of rotatable bonds is 5. The maximum Gasteiger partial charge on any atom is 0.247 e. The van der Waals surface area contributed by atoms with Crippen LogP contribution in [0.2, 0.25) is 0 Å². The Labute approximate surface area is 142 Å². The van der Waals surface area contributed by atoms with Crippen molar-refractivity contribution in [2.24, 2.45) is 0 Å². The van der Waals surface area contributed by atoms with Gasteiger partial charge in [0.15, 0.2) is 0 Å². The summed E-state index contributed by atoms with van der Waals surface area (Å²) >= 11 is 0. The minimum absolute atomic E-state index is 0.445. The molecule has 1 aromatic carbocycles. The summed E-state index contributed by atoms with van der Waals surface area (Å²) in [5.41, 5.74) is 0.970. The summed E-state index contributed by atoms with van der Waals surface area (Å²) in [7, 11) is 0. The van der Waals surface area contributed by atoms with Gasteiger partial charge in [0.1, 0.15) is 0 Å². The van der Waals surface area contributed by atoms with Gasteiger partial charge in [0.25, 0.3) is 0 Å². The monoisotopic (exact) mass is 328 g/mol. The molecular weight excluding hydrogens is 304 g/mol. The summed E-state index contributed by atoms with van der Waals surface area (Å²) in [6.07, 6.45) is 2.87. The highest BCUT2D eigenvalue weighted by atomic mass is 16.5. The van der Waals surface area contributed by atoms with Crippen molar-refractivity contribution in [1.82, 2.24) is 20.0 Å². The van der Waals surface area contributed by atoms with Crippen LogP contribution in [0.1, 0.15) is 18.7 Å². The summed E-state index contributed by atoms with van der Waals surface area (Å²) in [5, 5.41) is 8.36. The molecule has 0 N–H and O–H groups in total. The van der Waals surface area contributed by atoms with E-state index in [9.17, 15) is 0 Å². The van der Waals surface area contributed by atoms with Crippen LogP contribution in [-0.4, -0.2) is 65.4 Å². The number of piperazine rings is 1. The van der Waals surface area contributed by atoms with Crippen LogP contribution in [0.25, 0.3) is 11.5 Å². The molecule has 2 fully saturated rings. The summed E-state index contributed by atoms with van der Waals surface area (Å²) < 4.78 is 11.5. The van der Waals surface area contributed by atoms with Crippen molar-refractivity contribution in [3.05, 3.63) is 36.2 Å². The van der Waals surface area contributed by atoms with Gasteiger partial charge < -0.3 is 9.15 Å². The molecule has 4 rings (SSSR count). The summed E-state index contributed by atoms with van der Waals surface area (Å²) in [5.74, 6) is 1.30. The lowest BCUT2D eigenvalue weighted by atomic mass is 10.2. The molecule has 24 heavy (non-hydrogen) atoms. The number of aromatic nitrogens is 2. The molecule has 0 radical (unpaired) electrons.